The first-order valence-corrected chi connectivity index (χ1v) is 10.0. The van der Waals surface area contributed by atoms with Crippen molar-refractivity contribution in [3.8, 4) is 11.4 Å². The maximum Gasteiger partial charge on any atom is 0.288 e. The number of para-hydroxylation sites is 1. The zero-order valence-electron chi connectivity index (χ0n) is 17.4. The molecule has 0 saturated heterocycles. The summed E-state index contributed by atoms with van der Waals surface area (Å²) < 4.78 is 20.1. The van der Waals surface area contributed by atoms with E-state index < -0.39 is 11.8 Å². The van der Waals surface area contributed by atoms with E-state index in [2.05, 4.69) is 21.2 Å². The number of benzene rings is 3. The third-order valence-electron chi connectivity index (χ3n) is 4.58. The first kappa shape index (κ1) is 21.6. The molecule has 9 heteroatoms. The number of ether oxygens (including phenoxy) is 1. The highest BCUT2D eigenvalue weighted by molar-refractivity contribution is 5.94. The van der Waals surface area contributed by atoms with Gasteiger partial charge in [-0.05, 0) is 60.7 Å². The predicted octanol–water partition coefficient (Wildman–Crippen LogP) is 3.60. The van der Waals surface area contributed by atoms with Crippen LogP contribution >= 0.6 is 0 Å². The summed E-state index contributed by atoms with van der Waals surface area (Å²) in [6.07, 6.45) is 2.76. The van der Waals surface area contributed by atoms with Crippen molar-refractivity contribution in [2.45, 2.75) is 0 Å². The van der Waals surface area contributed by atoms with Crippen LogP contribution in [0.4, 0.5) is 15.8 Å². The Hall–Kier alpha value is -4.66. The van der Waals surface area contributed by atoms with Gasteiger partial charge in [-0.25, -0.2) is 9.37 Å². The SMILES string of the molecule is O=C(COc1ccc(Nc2ccccc2)cc1)NNC(=O)c1cncn1-c1ccc(F)cc1. The fourth-order valence-corrected chi connectivity index (χ4v) is 2.97. The Kier molecular flexibility index (Phi) is 6.60. The van der Waals surface area contributed by atoms with Crippen LogP contribution in [0.1, 0.15) is 10.5 Å². The second-order valence-electron chi connectivity index (χ2n) is 6.93. The molecule has 4 aromatic rings. The molecule has 0 fully saturated rings. The summed E-state index contributed by atoms with van der Waals surface area (Å²) in [5.74, 6) is -1.01. The van der Waals surface area contributed by atoms with Gasteiger partial charge in [0.05, 0.1) is 12.5 Å². The van der Waals surface area contributed by atoms with Gasteiger partial charge in [0.15, 0.2) is 6.61 Å². The Morgan fingerprint density at radius 1 is 0.879 bits per heavy atom. The molecule has 33 heavy (non-hydrogen) atoms. The summed E-state index contributed by atoms with van der Waals surface area (Å²) in [6, 6.07) is 22.4. The number of nitrogens with one attached hydrogen (secondary N) is 3. The van der Waals surface area contributed by atoms with E-state index in [1.807, 2.05) is 42.5 Å². The topological polar surface area (TPSA) is 97.3 Å². The van der Waals surface area contributed by atoms with Gasteiger partial charge in [-0.1, -0.05) is 18.2 Å². The largest absolute Gasteiger partial charge is 0.484 e. The van der Waals surface area contributed by atoms with Crippen molar-refractivity contribution >= 4 is 23.2 Å². The van der Waals surface area contributed by atoms with Gasteiger partial charge in [0.25, 0.3) is 11.8 Å². The number of nitrogens with zero attached hydrogens (tertiary/aromatic N) is 2. The Morgan fingerprint density at radius 3 is 2.30 bits per heavy atom. The van der Waals surface area contributed by atoms with E-state index in [0.29, 0.717) is 11.4 Å². The molecule has 1 heterocycles. The number of hydrazine groups is 1. The number of halogens is 1. The van der Waals surface area contributed by atoms with Crippen LogP contribution in [0.25, 0.3) is 5.69 Å². The van der Waals surface area contributed by atoms with E-state index in [1.54, 1.807) is 12.1 Å². The van der Waals surface area contributed by atoms with E-state index >= 15 is 0 Å². The number of rotatable bonds is 7. The summed E-state index contributed by atoms with van der Waals surface area (Å²) in [6.45, 7) is -0.289. The fraction of sp³-hybridized carbons (Fsp3) is 0.0417. The summed E-state index contributed by atoms with van der Waals surface area (Å²) in [5.41, 5.74) is 7.17. The zero-order chi connectivity index (χ0) is 23.0. The first-order chi connectivity index (χ1) is 16.1. The number of aromatic nitrogens is 2. The number of carbonyl (C=O) groups is 2. The van der Waals surface area contributed by atoms with Gasteiger partial charge in [-0.15, -0.1) is 0 Å². The molecule has 0 saturated carbocycles. The summed E-state index contributed by atoms with van der Waals surface area (Å²) in [7, 11) is 0. The van der Waals surface area contributed by atoms with Gasteiger partial charge in [0.2, 0.25) is 0 Å². The molecule has 1 aromatic heterocycles. The van der Waals surface area contributed by atoms with Crippen LogP contribution in [0.15, 0.2) is 91.4 Å². The number of anilines is 2. The smallest absolute Gasteiger partial charge is 0.288 e. The number of hydrogen-bond donors (Lipinski definition) is 3. The lowest BCUT2D eigenvalue weighted by molar-refractivity contribution is -0.123. The van der Waals surface area contributed by atoms with Crippen LogP contribution in [0.2, 0.25) is 0 Å². The third-order valence-corrected chi connectivity index (χ3v) is 4.58. The summed E-state index contributed by atoms with van der Waals surface area (Å²) >= 11 is 0. The van der Waals surface area contributed by atoms with Crippen LogP contribution in [0.5, 0.6) is 5.75 Å². The number of amides is 2. The van der Waals surface area contributed by atoms with E-state index in [4.69, 9.17) is 4.74 Å². The molecule has 166 valence electrons. The van der Waals surface area contributed by atoms with Crippen molar-refractivity contribution in [1.82, 2.24) is 20.4 Å². The van der Waals surface area contributed by atoms with Gasteiger partial charge in [-0.3, -0.25) is 25.0 Å². The molecule has 4 rings (SSSR count). The maximum absolute atomic E-state index is 13.1. The van der Waals surface area contributed by atoms with Crippen LogP contribution in [-0.2, 0) is 4.79 Å². The normalized spacial score (nSPS) is 10.3. The molecule has 0 unspecified atom stereocenters. The fourth-order valence-electron chi connectivity index (χ4n) is 2.97. The highest BCUT2D eigenvalue weighted by atomic mass is 19.1. The van der Waals surface area contributed by atoms with Crippen molar-refractivity contribution < 1.29 is 18.7 Å². The molecular weight excluding hydrogens is 425 g/mol. The Morgan fingerprint density at radius 2 is 1.58 bits per heavy atom. The zero-order valence-corrected chi connectivity index (χ0v) is 17.4. The average molecular weight is 445 g/mol. The molecule has 3 N–H and O–H groups in total. The van der Waals surface area contributed by atoms with Crippen molar-refractivity contribution in [3.05, 3.63) is 103 Å². The van der Waals surface area contributed by atoms with Gasteiger partial charge in [0.1, 0.15) is 17.3 Å². The highest BCUT2D eigenvalue weighted by Crippen LogP contribution is 2.19. The molecular formula is C24H20FN5O3. The standard InChI is InChI=1S/C24H20FN5O3/c25-17-6-10-20(11-7-17)30-16-26-14-22(30)24(32)29-28-23(31)15-33-21-12-8-19(9-13-21)27-18-4-2-1-3-5-18/h1-14,16,27H,15H2,(H,28,31)(H,29,32). The molecule has 8 nitrogen and oxygen atoms in total. The lowest BCUT2D eigenvalue weighted by atomic mass is 10.2. The molecule has 0 aliphatic carbocycles. The van der Waals surface area contributed by atoms with Crippen molar-refractivity contribution in [3.63, 3.8) is 0 Å². The number of hydrogen-bond acceptors (Lipinski definition) is 5. The van der Waals surface area contributed by atoms with Crippen LogP contribution in [0, 0.1) is 5.82 Å². The lowest BCUT2D eigenvalue weighted by Crippen LogP contribution is -2.44. The van der Waals surface area contributed by atoms with Crippen LogP contribution in [0.3, 0.4) is 0 Å². The summed E-state index contributed by atoms with van der Waals surface area (Å²) in [4.78, 5) is 28.4. The van der Waals surface area contributed by atoms with E-state index in [0.717, 1.165) is 11.4 Å². The van der Waals surface area contributed by atoms with Crippen molar-refractivity contribution in [2.75, 3.05) is 11.9 Å². The van der Waals surface area contributed by atoms with Crippen molar-refractivity contribution in [1.29, 1.82) is 0 Å². The molecule has 0 aliphatic rings. The average Bonchev–Trinajstić information content (AvgIpc) is 3.33. The second kappa shape index (κ2) is 10.1. The Labute approximate surface area is 189 Å². The van der Waals surface area contributed by atoms with Crippen LogP contribution < -0.4 is 20.9 Å². The number of carbonyl (C=O) groups excluding carboxylic acids is 2. The van der Waals surface area contributed by atoms with Crippen molar-refractivity contribution in [2.24, 2.45) is 0 Å². The molecule has 3 aromatic carbocycles. The van der Waals surface area contributed by atoms with E-state index in [-0.39, 0.29) is 18.1 Å². The molecule has 0 spiro atoms. The maximum atomic E-state index is 13.1. The number of imidazole rings is 1. The third kappa shape index (κ3) is 5.73. The van der Waals surface area contributed by atoms with Gasteiger partial charge in [-0.2, -0.15) is 0 Å². The highest BCUT2D eigenvalue weighted by Gasteiger charge is 2.14. The molecule has 0 atom stereocenters. The quantitative estimate of drug-likeness (QED) is 0.378. The Bertz CT molecular complexity index is 1230. The minimum absolute atomic E-state index is 0.171. The van der Waals surface area contributed by atoms with E-state index in [1.165, 1.54) is 41.4 Å². The van der Waals surface area contributed by atoms with Gasteiger partial charge < -0.3 is 10.1 Å². The minimum Gasteiger partial charge on any atom is -0.484 e. The van der Waals surface area contributed by atoms with Crippen LogP contribution in [-0.4, -0.2) is 28.0 Å². The van der Waals surface area contributed by atoms with E-state index in [9.17, 15) is 14.0 Å². The molecule has 0 bridgehead atoms. The first-order valence-electron chi connectivity index (χ1n) is 10.0. The second-order valence-corrected chi connectivity index (χ2v) is 6.93. The molecule has 2 amide bonds. The minimum atomic E-state index is -0.582. The predicted molar refractivity (Wildman–Crippen MR) is 121 cm³/mol. The molecule has 0 radical (unpaired) electrons. The van der Waals surface area contributed by atoms with Gasteiger partial charge >= 0.3 is 0 Å². The van der Waals surface area contributed by atoms with Gasteiger partial charge in [0, 0.05) is 17.1 Å². The lowest BCUT2D eigenvalue weighted by Gasteiger charge is -2.11. The monoisotopic (exact) mass is 445 g/mol. The summed E-state index contributed by atoms with van der Waals surface area (Å²) in [5, 5.41) is 3.25. The molecule has 0 aliphatic heterocycles. The Balaban J connectivity index is 1.26.